The highest BCUT2D eigenvalue weighted by Crippen LogP contribution is 2.27. The SMILES string of the molecule is Cc1ccc(F)cc1C(=O)Nc1c(Br)cccc1C(=O)O. The normalized spacial score (nSPS) is 10.2. The van der Waals surface area contributed by atoms with E-state index in [1.54, 1.807) is 19.1 Å². The molecule has 108 valence electrons. The zero-order valence-corrected chi connectivity index (χ0v) is 12.6. The Morgan fingerprint density at radius 1 is 1.19 bits per heavy atom. The summed E-state index contributed by atoms with van der Waals surface area (Å²) in [4.78, 5) is 23.4. The number of amides is 1. The van der Waals surface area contributed by atoms with Crippen LogP contribution in [0.15, 0.2) is 40.9 Å². The third-order valence-electron chi connectivity index (χ3n) is 2.93. The van der Waals surface area contributed by atoms with Crippen molar-refractivity contribution in [3.63, 3.8) is 0 Å². The molecule has 2 N–H and O–H groups in total. The van der Waals surface area contributed by atoms with Gasteiger partial charge in [0.25, 0.3) is 5.91 Å². The summed E-state index contributed by atoms with van der Waals surface area (Å²) in [5.74, 6) is -2.26. The lowest BCUT2D eigenvalue weighted by molar-refractivity contribution is 0.0698. The summed E-state index contributed by atoms with van der Waals surface area (Å²) >= 11 is 3.20. The Morgan fingerprint density at radius 2 is 1.90 bits per heavy atom. The molecular weight excluding hydrogens is 341 g/mol. The number of carbonyl (C=O) groups is 2. The average molecular weight is 352 g/mol. The van der Waals surface area contributed by atoms with Crippen molar-refractivity contribution >= 4 is 33.5 Å². The highest BCUT2D eigenvalue weighted by atomic mass is 79.9. The lowest BCUT2D eigenvalue weighted by atomic mass is 10.1. The van der Waals surface area contributed by atoms with E-state index in [0.29, 0.717) is 10.0 Å². The first-order valence-corrected chi connectivity index (χ1v) is 6.78. The number of hydrogen-bond donors (Lipinski definition) is 2. The van der Waals surface area contributed by atoms with Crippen molar-refractivity contribution in [3.05, 3.63) is 63.4 Å². The van der Waals surface area contributed by atoms with Crippen LogP contribution in [0.5, 0.6) is 0 Å². The number of carboxylic acid groups (broad SMARTS) is 1. The van der Waals surface area contributed by atoms with E-state index in [9.17, 15) is 14.0 Å². The Kier molecular flexibility index (Phi) is 4.37. The van der Waals surface area contributed by atoms with E-state index in [-0.39, 0.29) is 16.8 Å². The molecule has 0 bridgehead atoms. The van der Waals surface area contributed by atoms with E-state index in [1.165, 1.54) is 18.2 Å². The van der Waals surface area contributed by atoms with Crippen LogP contribution in [-0.4, -0.2) is 17.0 Å². The summed E-state index contributed by atoms with van der Waals surface area (Å²) in [6, 6.07) is 8.40. The summed E-state index contributed by atoms with van der Waals surface area (Å²) < 4.78 is 13.7. The maximum Gasteiger partial charge on any atom is 0.337 e. The van der Waals surface area contributed by atoms with Gasteiger partial charge in [-0.25, -0.2) is 9.18 Å². The van der Waals surface area contributed by atoms with Crippen molar-refractivity contribution in [1.82, 2.24) is 0 Å². The summed E-state index contributed by atoms with van der Waals surface area (Å²) in [6.45, 7) is 1.67. The number of carboxylic acids is 1. The maximum atomic E-state index is 13.2. The van der Waals surface area contributed by atoms with Crippen molar-refractivity contribution in [2.75, 3.05) is 5.32 Å². The molecule has 0 spiro atoms. The fourth-order valence-corrected chi connectivity index (χ4v) is 2.31. The second kappa shape index (κ2) is 6.05. The Balaban J connectivity index is 2.41. The number of benzene rings is 2. The van der Waals surface area contributed by atoms with Gasteiger partial charge in [0.2, 0.25) is 0 Å². The molecule has 0 atom stereocenters. The first kappa shape index (κ1) is 15.2. The third kappa shape index (κ3) is 3.28. The van der Waals surface area contributed by atoms with Crippen LogP contribution < -0.4 is 5.32 Å². The minimum absolute atomic E-state index is 0.0493. The minimum atomic E-state index is -1.16. The van der Waals surface area contributed by atoms with Crippen molar-refractivity contribution < 1.29 is 19.1 Å². The molecule has 2 rings (SSSR count). The maximum absolute atomic E-state index is 13.2. The molecule has 21 heavy (non-hydrogen) atoms. The summed E-state index contributed by atoms with van der Waals surface area (Å²) in [5.41, 5.74) is 0.838. The molecule has 0 aliphatic rings. The largest absolute Gasteiger partial charge is 0.478 e. The van der Waals surface area contributed by atoms with E-state index in [2.05, 4.69) is 21.2 Å². The molecule has 0 radical (unpaired) electrons. The highest BCUT2D eigenvalue weighted by Gasteiger charge is 2.17. The zero-order valence-electron chi connectivity index (χ0n) is 11.0. The molecule has 0 heterocycles. The van der Waals surface area contributed by atoms with Crippen LogP contribution in [0.25, 0.3) is 0 Å². The fourth-order valence-electron chi connectivity index (χ4n) is 1.85. The first-order chi connectivity index (χ1) is 9.90. The number of nitrogens with one attached hydrogen (secondary N) is 1. The number of para-hydroxylation sites is 1. The van der Waals surface area contributed by atoms with Gasteiger partial charge in [0, 0.05) is 10.0 Å². The molecule has 0 aromatic heterocycles. The molecule has 0 aliphatic heterocycles. The molecule has 0 fully saturated rings. The van der Waals surface area contributed by atoms with Gasteiger partial charge in [-0.15, -0.1) is 0 Å². The van der Waals surface area contributed by atoms with Crippen LogP contribution in [0.2, 0.25) is 0 Å². The van der Waals surface area contributed by atoms with Crippen LogP contribution in [0.1, 0.15) is 26.3 Å². The predicted molar refractivity (Wildman–Crippen MR) is 80.2 cm³/mol. The average Bonchev–Trinajstić information content (AvgIpc) is 2.43. The zero-order chi connectivity index (χ0) is 15.6. The quantitative estimate of drug-likeness (QED) is 0.882. The number of halogens is 2. The summed E-state index contributed by atoms with van der Waals surface area (Å²) in [6.07, 6.45) is 0. The lowest BCUT2D eigenvalue weighted by Crippen LogP contribution is -2.16. The van der Waals surface area contributed by atoms with Gasteiger partial charge >= 0.3 is 5.97 Å². The molecule has 4 nitrogen and oxygen atoms in total. The van der Waals surface area contributed by atoms with Crippen LogP contribution in [0.3, 0.4) is 0 Å². The standard InChI is InChI=1S/C15H11BrFNO3/c1-8-5-6-9(17)7-11(8)14(19)18-13-10(15(20)21)3-2-4-12(13)16/h2-7H,1H3,(H,18,19)(H,20,21). The Hall–Kier alpha value is -2.21. The number of carbonyl (C=O) groups excluding carboxylic acids is 1. The van der Waals surface area contributed by atoms with Crippen molar-refractivity contribution in [1.29, 1.82) is 0 Å². The summed E-state index contributed by atoms with van der Waals surface area (Å²) in [7, 11) is 0. The molecule has 2 aromatic carbocycles. The number of aromatic carboxylic acids is 1. The highest BCUT2D eigenvalue weighted by molar-refractivity contribution is 9.10. The van der Waals surface area contributed by atoms with Gasteiger partial charge in [0.05, 0.1) is 11.3 Å². The molecule has 6 heteroatoms. The summed E-state index contributed by atoms with van der Waals surface area (Å²) in [5, 5.41) is 11.7. The molecule has 0 saturated heterocycles. The van der Waals surface area contributed by atoms with Gasteiger partial charge < -0.3 is 10.4 Å². The molecule has 2 aromatic rings. The van der Waals surface area contributed by atoms with Crippen molar-refractivity contribution in [3.8, 4) is 0 Å². The van der Waals surface area contributed by atoms with Gasteiger partial charge in [-0.1, -0.05) is 12.1 Å². The number of hydrogen-bond acceptors (Lipinski definition) is 2. The Labute approximate surface area is 128 Å². The van der Waals surface area contributed by atoms with Crippen molar-refractivity contribution in [2.45, 2.75) is 6.92 Å². The van der Waals surface area contributed by atoms with E-state index in [0.717, 1.165) is 6.07 Å². The third-order valence-corrected chi connectivity index (χ3v) is 3.59. The number of anilines is 1. The Bertz CT molecular complexity index is 731. The number of aryl methyl sites for hydroxylation is 1. The van der Waals surface area contributed by atoms with E-state index in [1.807, 2.05) is 0 Å². The van der Waals surface area contributed by atoms with Crippen molar-refractivity contribution in [2.24, 2.45) is 0 Å². The monoisotopic (exact) mass is 351 g/mol. The van der Waals surface area contributed by atoms with Crippen LogP contribution in [-0.2, 0) is 0 Å². The molecule has 0 saturated carbocycles. The predicted octanol–water partition coefficient (Wildman–Crippen LogP) is 3.85. The van der Waals surface area contributed by atoms with Gasteiger partial charge in [0.1, 0.15) is 5.82 Å². The van der Waals surface area contributed by atoms with Gasteiger partial charge in [-0.2, -0.15) is 0 Å². The second-order valence-electron chi connectivity index (χ2n) is 4.38. The van der Waals surface area contributed by atoms with Gasteiger partial charge in [-0.3, -0.25) is 4.79 Å². The molecule has 0 unspecified atom stereocenters. The fraction of sp³-hybridized carbons (Fsp3) is 0.0667. The minimum Gasteiger partial charge on any atom is -0.478 e. The van der Waals surface area contributed by atoms with E-state index < -0.39 is 17.7 Å². The van der Waals surface area contributed by atoms with Gasteiger partial charge in [0.15, 0.2) is 0 Å². The molecular formula is C15H11BrFNO3. The first-order valence-electron chi connectivity index (χ1n) is 5.99. The molecule has 0 aliphatic carbocycles. The van der Waals surface area contributed by atoms with Crippen LogP contribution in [0, 0.1) is 12.7 Å². The topological polar surface area (TPSA) is 66.4 Å². The van der Waals surface area contributed by atoms with E-state index >= 15 is 0 Å². The Morgan fingerprint density at radius 3 is 2.57 bits per heavy atom. The van der Waals surface area contributed by atoms with Crippen LogP contribution in [0.4, 0.5) is 10.1 Å². The lowest BCUT2D eigenvalue weighted by Gasteiger charge is -2.12. The molecule has 1 amide bonds. The smallest absolute Gasteiger partial charge is 0.337 e. The van der Waals surface area contributed by atoms with Gasteiger partial charge in [-0.05, 0) is 52.7 Å². The second-order valence-corrected chi connectivity index (χ2v) is 5.24. The van der Waals surface area contributed by atoms with Crippen LogP contribution >= 0.6 is 15.9 Å². The van der Waals surface area contributed by atoms with E-state index in [4.69, 9.17) is 5.11 Å². The number of rotatable bonds is 3.